The standard InChI is InChI=1S/C11H13BrClNO/c1-11(2,14)10(15)6-7-5-8(13)3-4-9(7)12/h3-5H,6,14H2,1-2H3. The first kappa shape index (κ1) is 12.7. The number of hydrogen-bond acceptors (Lipinski definition) is 2. The topological polar surface area (TPSA) is 43.1 Å². The highest BCUT2D eigenvalue weighted by Crippen LogP contribution is 2.22. The van der Waals surface area contributed by atoms with E-state index >= 15 is 0 Å². The summed E-state index contributed by atoms with van der Waals surface area (Å²) in [5.74, 6) is -0.00883. The first-order valence-corrected chi connectivity index (χ1v) is 5.74. The normalized spacial score (nSPS) is 11.5. The number of Topliss-reactive ketones (excluding diaryl/α,β-unsaturated/α-hetero) is 1. The van der Waals surface area contributed by atoms with Crippen LogP contribution in [0.25, 0.3) is 0 Å². The van der Waals surface area contributed by atoms with Crippen molar-refractivity contribution in [2.45, 2.75) is 25.8 Å². The fourth-order valence-electron chi connectivity index (χ4n) is 1.08. The molecule has 0 aliphatic heterocycles. The lowest BCUT2D eigenvalue weighted by Crippen LogP contribution is -2.42. The van der Waals surface area contributed by atoms with Crippen molar-refractivity contribution in [2.75, 3.05) is 0 Å². The molecule has 0 bridgehead atoms. The number of nitrogens with two attached hydrogens (primary N) is 1. The van der Waals surface area contributed by atoms with Crippen LogP contribution in [0.3, 0.4) is 0 Å². The largest absolute Gasteiger partial charge is 0.319 e. The summed E-state index contributed by atoms with van der Waals surface area (Å²) < 4.78 is 0.879. The third-order valence-corrected chi connectivity index (χ3v) is 3.09. The van der Waals surface area contributed by atoms with Crippen molar-refractivity contribution in [3.63, 3.8) is 0 Å². The van der Waals surface area contributed by atoms with Gasteiger partial charge in [-0.05, 0) is 37.6 Å². The van der Waals surface area contributed by atoms with E-state index in [9.17, 15) is 4.79 Å². The van der Waals surface area contributed by atoms with Gasteiger partial charge in [-0.15, -0.1) is 0 Å². The highest BCUT2D eigenvalue weighted by molar-refractivity contribution is 9.10. The SMILES string of the molecule is CC(C)(N)C(=O)Cc1cc(Cl)ccc1Br. The highest BCUT2D eigenvalue weighted by atomic mass is 79.9. The number of hydrogen-bond donors (Lipinski definition) is 1. The molecule has 0 fully saturated rings. The maximum absolute atomic E-state index is 11.7. The average Bonchev–Trinajstić information content (AvgIpc) is 2.09. The maximum atomic E-state index is 11.7. The minimum atomic E-state index is -0.804. The molecule has 0 heterocycles. The van der Waals surface area contributed by atoms with E-state index in [0.29, 0.717) is 11.4 Å². The van der Waals surface area contributed by atoms with Gasteiger partial charge in [-0.3, -0.25) is 4.79 Å². The molecule has 0 atom stereocenters. The second kappa shape index (κ2) is 4.64. The molecule has 1 aromatic rings. The molecule has 0 amide bonds. The molecule has 4 heteroatoms. The Kier molecular flexibility index (Phi) is 3.93. The van der Waals surface area contributed by atoms with Crippen LogP contribution < -0.4 is 5.73 Å². The molecule has 1 aromatic carbocycles. The number of benzene rings is 1. The minimum Gasteiger partial charge on any atom is -0.319 e. The fraction of sp³-hybridized carbons (Fsp3) is 0.364. The Labute approximate surface area is 103 Å². The van der Waals surface area contributed by atoms with Crippen molar-refractivity contribution in [1.82, 2.24) is 0 Å². The monoisotopic (exact) mass is 289 g/mol. The van der Waals surface area contributed by atoms with Crippen molar-refractivity contribution < 1.29 is 4.79 Å². The minimum absolute atomic E-state index is 0.00883. The fourth-order valence-corrected chi connectivity index (χ4v) is 1.66. The number of carbonyl (C=O) groups excluding carboxylic acids is 1. The summed E-state index contributed by atoms with van der Waals surface area (Å²) in [6, 6.07) is 5.37. The lowest BCUT2D eigenvalue weighted by Gasteiger charge is -2.17. The van der Waals surface area contributed by atoms with Gasteiger partial charge < -0.3 is 5.73 Å². The number of rotatable bonds is 3. The first-order chi connectivity index (χ1) is 6.80. The zero-order valence-corrected chi connectivity index (χ0v) is 11.0. The average molecular weight is 291 g/mol. The van der Waals surface area contributed by atoms with Gasteiger partial charge >= 0.3 is 0 Å². The van der Waals surface area contributed by atoms with Gasteiger partial charge in [0.2, 0.25) is 0 Å². The Morgan fingerprint density at radius 1 is 1.53 bits per heavy atom. The number of carbonyl (C=O) groups is 1. The Morgan fingerprint density at radius 2 is 2.13 bits per heavy atom. The van der Waals surface area contributed by atoms with E-state index < -0.39 is 5.54 Å². The summed E-state index contributed by atoms with van der Waals surface area (Å²) in [6.45, 7) is 3.40. The van der Waals surface area contributed by atoms with E-state index in [4.69, 9.17) is 17.3 Å². The third-order valence-electron chi connectivity index (χ3n) is 2.08. The summed E-state index contributed by atoms with van der Waals surface area (Å²) in [4.78, 5) is 11.7. The second-order valence-corrected chi connectivity index (χ2v) is 5.35. The lowest BCUT2D eigenvalue weighted by molar-refractivity contribution is -0.122. The molecule has 0 aromatic heterocycles. The van der Waals surface area contributed by atoms with Gasteiger partial charge in [0.1, 0.15) is 0 Å². The Bertz CT molecular complexity index is 385. The number of ketones is 1. The molecule has 0 saturated carbocycles. The van der Waals surface area contributed by atoms with Gasteiger partial charge in [0.15, 0.2) is 5.78 Å². The molecule has 0 aliphatic rings. The zero-order chi connectivity index (χ0) is 11.6. The molecular formula is C11H13BrClNO. The smallest absolute Gasteiger partial charge is 0.156 e. The van der Waals surface area contributed by atoms with Gasteiger partial charge in [-0.25, -0.2) is 0 Å². The van der Waals surface area contributed by atoms with Crippen LogP contribution in [0.1, 0.15) is 19.4 Å². The molecule has 15 heavy (non-hydrogen) atoms. The van der Waals surface area contributed by atoms with Gasteiger partial charge in [0.05, 0.1) is 5.54 Å². The van der Waals surface area contributed by atoms with Gasteiger partial charge in [0.25, 0.3) is 0 Å². The van der Waals surface area contributed by atoms with Crippen LogP contribution in [0.4, 0.5) is 0 Å². The van der Waals surface area contributed by atoms with Crippen LogP contribution >= 0.6 is 27.5 Å². The van der Waals surface area contributed by atoms with E-state index in [0.717, 1.165) is 10.0 Å². The zero-order valence-electron chi connectivity index (χ0n) is 8.68. The Hall–Kier alpha value is -0.380. The van der Waals surface area contributed by atoms with Crippen LogP contribution in [0.2, 0.25) is 5.02 Å². The molecular weight excluding hydrogens is 277 g/mol. The predicted molar refractivity (Wildman–Crippen MR) is 66.1 cm³/mol. The van der Waals surface area contributed by atoms with Crippen molar-refractivity contribution in [2.24, 2.45) is 5.73 Å². The van der Waals surface area contributed by atoms with Gasteiger partial charge in [0, 0.05) is 15.9 Å². The van der Waals surface area contributed by atoms with Crippen LogP contribution in [0.5, 0.6) is 0 Å². The van der Waals surface area contributed by atoms with Gasteiger partial charge in [-0.2, -0.15) is 0 Å². The summed E-state index contributed by atoms with van der Waals surface area (Å²) in [7, 11) is 0. The summed E-state index contributed by atoms with van der Waals surface area (Å²) in [5.41, 5.74) is 5.78. The summed E-state index contributed by atoms with van der Waals surface area (Å²) in [5, 5.41) is 0.621. The van der Waals surface area contributed by atoms with E-state index in [1.54, 1.807) is 26.0 Å². The van der Waals surface area contributed by atoms with Crippen molar-refractivity contribution in [3.05, 3.63) is 33.3 Å². The van der Waals surface area contributed by atoms with Crippen LogP contribution in [-0.4, -0.2) is 11.3 Å². The summed E-state index contributed by atoms with van der Waals surface area (Å²) in [6.07, 6.45) is 0.296. The maximum Gasteiger partial charge on any atom is 0.156 e. The Morgan fingerprint density at radius 3 is 2.67 bits per heavy atom. The van der Waals surface area contributed by atoms with Crippen molar-refractivity contribution in [3.8, 4) is 0 Å². The van der Waals surface area contributed by atoms with Crippen LogP contribution in [0.15, 0.2) is 22.7 Å². The van der Waals surface area contributed by atoms with Crippen LogP contribution in [0, 0.1) is 0 Å². The van der Waals surface area contributed by atoms with Crippen molar-refractivity contribution >= 4 is 33.3 Å². The molecule has 0 radical (unpaired) electrons. The molecule has 1 rings (SSSR count). The van der Waals surface area contributed by atoms with E-state index in [2.05, 4.69) is 15.9 Å². The number of halogens is 2. The highest BCUT2D eigenvalue weighted by Gasteiger charge is 2.22. The van der Waals surface area contributed by atoms with Crippen LogP contribution in [-0.2, 0) is 11.2 Å². The molecule has 2 nitrogen and oxygen atoms in total. The molecule has 82 valence electrons. The predicted octanol–water partition coefficient (Wildman–Crippen LogP) is 2.95. The Balaban J connectivity index is 2.90. The van der Waals surface area contributed by atoms with E-state index in [1.807, 2.05) is 6.07 Å². The van der Waals surface area contributed by atoms with E-state index in [1.165, 1.54) is 0 Å². The lowest BCUT2D eigenvalue weighted by atomic mass is 9.95. The molecule has 0 spiro atoms. The first-order valence-electron chi connectivity index (χ1n) is 4.57. The molecule has 0 aliphatic carbocycles. The van der Waals surface area contributed by atoms with Crippen molar-refractivity contribution in [1.29, 1.82) is 0 Å². The van der Waals surface area contributed by atoms with E-state index in [-0.39, 0.29) is 5.78 Å². The molecule has 0 saturated heterocycles. The van der Waals surface area contributed by atoms with Gasteiger partial charge in [-0.1, -0.05) is 27.5 Å². The third kappa shape index (κ3) is 3.59. The second-order valence-electron chi connectivity index (χ2n) is 4.06. The summed E-state index contributed by atoms with van der Waals surface area (Å²) >= 11 is 9.23. The molecule has 2 N–H and O–H groups in total. The molecule has 0 unspecified atom stereocenters. The quantitative estimate of drug-likeness (QED) is 0.930.